The SMILES string of the molecule is O=C(CN1CCCc2ccccc21)NNC(=O)c1ccc(O)c(Cl)c1. The van der Waals surface area contributed by atoms with E-state index in [-0.39, 0.29) is 28.8 Å². The third-order valence-corrected chi connectivity index (χ3v) is 4.37. The average molecular weight is 360 g/mol. The molecule has 0 radical (unpaired) electrons. The highest BCUT2D eigenvalue weighted by molar-refractivity contribution is 6.32. The van der Waals surface area contributed by atoms with Crippen molar-refractivity contribution in [1.82, 2.24) is 10.9 Å². The zero-order valence-corrected chi connectivity index (χ0v) is 14.2. The summed E-state index contributed by atoms with van der Waals surface area (Å²) in [5.41, 5.74) is 7.29. The number of carbonyl (C=O) groups excluding carboxylic acids is 2. The number of hydrazine groups is 1. The van der Waals surface area contributed by atoms with Crippen LogP contribution >= 0.6 is 11.6 Å². The summed E-state index contributed by atoms with van der Waals surface area (Å²) in [6.07, 6.45) is 2.00. The number of hydrogen-bond acceptors (Lipinski definition) is 4. The van der Waals surface area contributed by atoms with E-state index in [0.717, 1.165) is 25.1 Å². The second-order valence-corrected chi connectivity index (χ2v) is 6.23. The van der Waals surface area contributed by atoms with Crippen molar-refractivity contribution in [2.75, 3.05) is 18.0 Å². The molecule has 0 unspecified atom stereocenters. The van der Waals surface area contributed by atoms with E-state index in [9.17, 15) is 14.7 Å². The zero-order chi connectivity index (χ0) is 17.8. The zero-order valence-electron chi connectivity index (χ0n) is 13.5. The van der Waals surface area contributed by atoms with Gasteiger partial charge in [-0.3, -0.25) is 20.4 Å². The number of fused-ring (bicyclic) bond motifs is 1. The molecule has 7 heteroatoms. The summed E-state index contributed by atoms with van der Waals surface area (Å²) in [5, 5.41) is 9.44. The molecule has 0 atom stereocenters. The Kier molecular flexibility index (Phi) is 5.09. The molecule has 0 saturated carbocycles. The highest BCUT2D eigenvalue weighted by Gasteiger charge is 2.19. The Balaban J connectivity index is 1.57. The average Bonchev–Trinajstić information content (AvgIpc) is 2.62. The highest BCUT2D eigenvalue weighted by Crippen LogP contribution is 2.26. The number of rotatable bonds is 3. The quantitative estimate of drug-likeness (QED) is 0.734. The van der Waals surface area contributed by atoms with Gasteiger partial charge in [-0.1, -0.05) is 29.8 Å². The van der Waals surface area contributed by atoms with Crippen LogP contribution < -0.4 is 15.8 Å². The summed E-state index contributed by atoms with van der Waals surface area (Å²) >= 11 is 5.77. The fourth-order valence-electron chi connectivity index (χ4n) is 2.84. The van der Waals surface area contributed by atoms with Crippen molar-refractivity contribution in [2.45, 2.75) is 12.8 Å². The highest BCUT2D eigenvalue weighted by atomic mass is 35.5. The summed E-state index contributed by atoms with van der Waals surface area (Å²) in [6, 6.07) is 12.1. The minimum absolute atomic E-state index is 0.0731. The molecule has 0 aromatic heterocycles. The Morgan fingerprint density at radius 1 is 1.16 bits per heavy atom. The number of carbonyl (C=O) groups is 2. The fourth-order valence-corrected chi connectivity index (χ4v) is 3.02. The summed E-state index contributed by atoms with van der Waals surface area (Å²) in [5.74, 6) is -0.921. The first-order valence-electron chi connectivity index (χ1n) is 7.95. The van der Waals surface area contributed by atoms with Crippen molar-refractivity contribution >= 4 is 29.1 Å². The minimum atomic E-state index is -0.505. The van der Waals surface area contributed by atoms with Crippen molar-refractivity contribution < 1.29 is 14.7 Å². The summed E-state index contributed by atoms with van der Waals surface area (Å²) in [4.78, 5) is 26.2. The lowest BCUT2D eigenvalue weighted by Crippen LogP contribution is -2.47. The van der Waals surface area contributed by atoms with Crippen LogP contribution in [0.2, 0.25) is 5.02 Å². The first-order valence-corrected chi connectivity index (χ1v) is 8.33. The maximum Gasteiger partial charge on any atom is 0.269 e. The second-order valence-electron chi connectivity index (χ2n) is 5.82. The number of anilines is 1. The van der Waals surface area contributed by atoms with Gasteiger partial charge in [0, 0.05) is 17.8 Å². The lowest BCUT2D eigenvalue weighted by Gasteiger charge is -2.30. The number of para-hydroxylation sites is 1. The van der Waals surface area contributed by atoms with Crippen LogP contribution in [0.5, 0.6) is 5.75 Å². The molecule has 1 aliphatic rings. The molecular formula is C18H18ClN3O3. The van der Waals surface area contributed by atoms with Gasteiger partial charge < -0.3 is 10.0 Å². The number of aromatic hydroxyl groups is 1. The Bertz CT molecular complexity index is 810. The van der Waals surface area contributed by atoms with Gasteiger partial charge in [-0.05, 0) is 42.7 Å². The topological polar surface area (TPSA) is 81.7 Å². The van der Waals surface area contributed by atoms with Crippen molar-refractivity contribution in [1.29, 1.82) is 0 Å². The van der Waals surface area contributed by atoms with Gasteiger partial charge in [0.2, 0.25) is 0 Å². The maximum atomic E-state index is 12.1. The van der Waals surface area contributed by atoms with Gasteiger partial charge in [-0.25, -0.2) is 0 Å². The Morgan fingerprint density at radius 3 is 2.76 bits per heavy atom. The van der Waals surface area contributed by atoms with Gasteiger partial charge in [0.15, 0.2) is 0 Å². The largest absolute Gasteiger partial charge is 0.506 e. The molecule has 25 heavy (non-hydrogen) atoms. The molecule has 2 amide bonds. The molecule has 0 fully saturated rings. The van der Waals surface area contributed by atoms with E-state index in [2.05, 4.69) is 16.9 Å². The number of phenols is 1. The van der Waals surface area contributed by atoms with Crippen LogP contribution in [0.15, 0.2) is 42.5 Å². The molecular weight excluding hydrogens is 342 g/mol. The molecule has 130 valence electrons. The standard InChI is InChI=1S/C18H18ClN3O3/c19-14-10-13(7-8-16(14)23)18(25)21-20-17(24)11-22-9-3-5-12-4-1-2-6-15(12)22/h1-2,4,6-8,10,23H,3,5,9,11H2,(H,20,24)(H,21,25). The van der Waals surface area contributed by atoms with Crippen LogP contribution in [0.25, 0.3) is 0 Å². The van der Waals surface area contributed by atoms with Crippen LogP contribution in [-0.2, 0) is 11.2 Å². The first kappa shape index (κ1) is 17.1. The van der Waals surface area contributed by atoms with E-state index in [0.29, 0.717) is 0 Å². The van der Waals surface area contributed by atoms with E-state index in [1.165, 1.54) is 23.8 Å². The normalized spacial score (nSPS) is 13.1. The maximum absolute atomic E-state index is 12.1. The van der Waals surface area contributed by atoms with Gasteiger partial charge in [-0.15, -0.1) is 0 Å². The summed E-state index contributed by atoms with van der Waals surface area (Å²) < 4.78 is 0. The molecule has 1 heterocycles. The lowest BCUT2D eigenvalue weighted by molar-refractivity contribution is -0.120. The van der Waals surface area contributed by atoms with Gasteiger partial charge in [0.1, 0.15) is 5.75 Å². The second kappa shape index (κ2) is 7.44. The third kappa shape index (κ3) is 4.03. The minimum Gasteiger partial charge on any atom is -0.506 e. The predicted octanol–water partition coefficient (Wildman–Crippen LogP) is 2.26. The molecule has 3 N–H and O–H groups in total. The monoisotopic (exact) mass is 359 g/mol. The summed E-state index contributed by atoms with van der Waals surface area (Å²) in [6.45, 7) is 0.958. The van der Waals surface area contributed by atoms with Crippen LogP contribution in [-0.4, -0.2) is 30.0 Å². The summed E-state index contributed by atoms with van der Waals surface area (Å²) in [7, 11) is 0. The smallest absolute Gasteiger partial charge is 0.269 e. The van der Waals surface area contributed by atoms with Crippen molar-refractivity contribution in [3.63, 3.8) is 0 Å². The van der Waals surface area contributed by atoms with E-state index < -0.39 is 5.91 Å². The molecule has 0 bridgehead atoms. The van der Waals surface area contributed by atoms with E-state index in [1.807, 2.05) is 23.1 Å². The number of aryl methyl sites for hydroxylation is 1. The molecule has 6 nitrogen and oxygen atoms in total. The third-order valence-electron chi connectivity index (χ3n) is 4.07. The molecule has 0 saturated heterocycles. The predicted molar refractivity (Wildman–Crippen MR) is 95.7 cm³/mol. The number of hydrogen-bond donors (Lipinski definition) is 3. The molecule has 0 spiro atoms. The number of halogens is 1. The van der Waals surface area contributed by atoms with Crippen LogP contribution in [0.1, 0.15) is 22.3 Å². The lowest BCUT2D eigenvalue weighted by atomic mass is 10.0. The van der Waals surface area contributed by atoms with Crippen LogP contribution in [0.4, 0.5) is 5.69 Å². The van der Waals surface area contributed by atoms with Crippen molar-refractivity contribution in [3.8, 4) is 5.75 Å². The number of nitrogens with zero attached hydrogens (tertiary/aromatic N) is 1. The molecule has 3 rings (SSSR count). The Labute approximate surface area is 150 Å². The molecule has 2 aromatic carbocycles. The van der Waals surface area contributed by atoms with Crippen molar-refractivity contribution in [2.24, 2.45) is 0 Å². The molecule has 2 aromatic rings. The van der Waals surface area contributed by atoms with Crippen molar-refractivity contribution in [3.05, 3.63) is 58.6 Å². The first-order chi connectivity index (χ1) is 12.0. The van der Waals surface area contributed by atoms with Crippen LogP contribution in [0.3, 0.4) is 0 Å². The fraction of sp³-hybridized carbons (Fsp3) is 0.222. The number of phenolic OH excluding ortho intramolecular Hbond substituents is 1. The molecule has 0 aliphatic carbocycles. The Morgan fingerprint density at radius 2 is 1.96 bits per heavy atom. The number of amides is 2. The molecule has 1 aliphatic heterocycles. The van der Waals surface area contributed by atoms with Gasteiger partial charge in [-0.2, -0.15) is 0 Å². The number of nitrogens with one attached hydrogen (secondary N) is 2. The van der Waals surface area contributed by atoms with Gasteiger partial charge in [0.05, 0.1) is 11.6 Å². The van der Waals surface area contributed by atoms with E-state index in [1.54, 1.807) is 0 Å². The number of benzene rings is 2. The van der Waals surface area contributed by atoms with Crippen LogP contribution in [0, 0.1) is 0 Å². The van der Waals surface area contributed by atoms with E-state index in [4.69, 9.17) is 11.6 Å². The Hall–Kier alpha value is -2.73. The van der Waals surface area contributed by atoms with Gasteiger partial charge >= 0.3 is 0 Å². The van der Waals surface area contributed by atoms with E-state index >= 15 is 0 Å². The van der Waals surface area contributed by atoms with Gasteiger partial charge in [0.25, 0.3) is 11.8 Å².